The van der Waals surface area contributed by atoms with E-state index in [1.165, 1.54) is 44.3 Å². The van der Waals surface area contributed by atoms with Crippen LogP contribution in [0.15, 0.2) is 56.8 Å². The van der Waals surface area contributed by atoms with Crippen molar-refractivity contribution in [2.45, 2.75) is 80.2 Å². The number of nitrogens with zero attached hydrogens (tertiary/aromatic N) is 3. The number of fused-ring (bicyclic) bond motifs is 1. The molecule has 0 aliphatic carbocycles. The molecule has 44 heavy (non-hydrogen) atoms. The molecule has 0 saturated carbocycles. The molecule has 0 amide bonds. The number of aryl methyl sites for hydroxylation is 2. The molecule has 5 rings (SSSR count). The van der Waals surface area contributed by atoms with Gasteiger partial charge in [0.2, 0.25) is 0 Å². The van der Waals surface area contributed by atoms with E-state index in [1.807, 2.05) is 34.6 Å². The van der Waals surface area contributed by atoms with Crippen LogP contribution in [0.2, 0.25) is 0 Å². The van der Waals surface area contributed by atoms with Crippen LogP contribution in [0.3, 0.4) is 0 Å². The summed E-state index contributed by atoms with van der Waals surface area (Å²) in [5.41, 5.74) is -1.75. The fourth-order valence-corrected chi connectivity index (χ4v) is 4.84. The van der Waals surface area contributed by atoms with Crippen molar-refractivity contribution >= 4 is 11.0 Å². The van der Waals surface area contributed by atoms with Crippen molar-refractivity contribution in [1.29, 1.82) is 0 Å². The van der Waals surface area contributed by atoms with Crippen molar-refractivity contribution in [1.82, 2.24) is 13.7 Å². The topological polar surface area (TPSA) is 93.7 Å². The molecule has 2 aromatic carbocycles. The van der Waals surface area contributed by atoms with Crippen molar-refractivity contribution in [2.75, 3.05) is 6.61 Å². The van der Waals surface area contributed by atoms with Gasteiger partial charge in [-0.05, 0) is 57.0 Å². The molecule has 2 aromatic heterocycles. The molecule has 4 aromatic rings. The number of halogens is 2. The van der Waals surface area contributed by atoms with Gasteiger partial charge in [-0.2, -0.15) is 0 Å². The third-order valence-electron chi connectivity index (χ3n) is 7.02. The van der Waals surface area contributed by atoms with Crippen molar-refractivity contribution in [3.63, 3.8) is 0 Å². The molecule has 0 radical (unpaired) electrons. The van der Waals surface area contributed by atoms with Crippen LogP contribution < -0.4 is 21.5 Å². The highest BCUT2D eigenvalue weighted by molar-refractivity contribution is 5.83. The second-order valence-corrected chi connectivity index (χ2v) is 10.2. The molecule has 1 fully saturated rings. The maximum absolute atomic E-state index is 15.5. The summed E-state index contributed by atoms with van der Waals surface area (Å²) < 4.78 is 50.2. The summed E-state index contributed by atoms with van der Waals surface area (Å²) in [6.07, 6.45) is -0.0917. The Kier molecular flexibility index (Phi) is 11.0. The van der Waals surface area contributed by atoms with Crippen molar-refractivity contribution in [2.24, 2.45) is 7.05 Å². The highest BCUT2D eigenvalue weighted by atomic mass is 19.1. The summed E-state index contributed by atoms with van der Waals surface area (Å²) in [6, 6.07) is 9.65. The minimum atomic E-state index is -0.917. The summed E-state index contributed by atoms with van der Waals surface area (Å²) in [5.74, 6) is -2.30. The van der Waals surface area contributed by atoms with Crippen LogP contribution in [-0.4, -0.2) is 32.2 Å². The van der Waals surface area contributed by atoms with Gasteiger partial charge >= 0.3 is 5.69 Å². The Labute approximate surface area is 255 Å². The Morgan fingerprint density at radius 1 is 0.977 bits per heavy atom. The van der Waals surface area contributed by atoms with Crippen LogP contribution >= 0.6 is 0 Å². The Bertz CT molecular complexity index is 1820. The van der Waals surface area contributed by atoms with Crippen molar-refractivity contribution in [3.8, 4) is 17.2 Å². The molecule has 0 spiro atoms. The molecule has 1 saturated heterocycles. The van der Waals surface area contributed by atoms with Gasteiger partial charge in [-0.3, -0.25) is 18.7 Å². The number of pyridine rings is 1. The maximum Gasteiger partial charge on any atom is 0.337 e. The zero-order valence-corrected chi connectivity index (χ0v) is 26.8. The number of benzene rings is 2. The Morgan fingerprint density at radius 3 is 2.25 bits per heavy atom. The molecule has 9 nitrogen and oxygen atoms in total. The zero-order chi connectivity index (χ0) is 32.9. The van der Waals surface area contributed by atoms with Gasteiger partial charge in [0.1, 0.15) is 40.3 Å². The first-order valence-corrected chi connectivity index (χ1v) is 14.8. The lowest BCUT2D eigenvalue weighted by atomic mass is 10.1. The zero-order valence-electron chi connectivity index (χ0n) is 26.8. The predicted octanol–water partition coefficient (Wildman–Crippen LogP) is 6.00. The third-order valence-corrected chi connectivity index (χ3v) is 7.02. The van der Waals surface area contributed by atoms with Gasteiger partial charge in [-0.15, -0.1) is 0 Å². The molecular formula is C33H41F2N3O6. The van der Waals surface area contributed by atoms with E-state index < -0.39 is 40.3 Å². The lowest BCUT2D eigenvalue weighted by molar-refractivity contribution is -0.139. The normalized spacial score (nSPS) is 15.3. The summed E-state index contributed by atoms with van der Waals surface area (Å²) in [6.45, 7) is 14.7. The largest absolute Gasteiger partial charge is 0.456 e. The minimum Gasteiger partial charge on any atom is -0.456 e. The Morgan fingerprint density at radius 2 is 1.66 bits per heavy atom. The van der Waals surface area contributed by atoms with Crippen LogP contribution in [0, 0.1) is 18.6 Å². The maximum atomic E-state index is 15.5. The van der Waals surface area contributed by atoms with Crippen LogP contribution in [0.25, 0.3) is 16.7 Å². The quantitative estimate of drug-likeness (QED) is 0.265. The fraction of sp³-hybridized carbons (Fsp3) is 0.424. The first-order chi connectivity index (χ1) is 20.9. The third kappa shape index (κ3) is 6.68. The molecule has 1 aliphatic heterocycles. The van der Waals surface area contributed by atoms with E-state index in [2.05, 4.69) is 0 Å². The van der Waals surface area contributed by atoms with E-state index >= 15 is 4.39 Å². The molecule has 0 N–H and O–H groups in total. The second kappa shape index (κ2) is 14.1. The molecule has 1 unspecified atom stereocenters. The van der Waals surface area contributed by atoms with E-state index in [4.69, 9.17) is 14.2 Å². The lowest BCUT2D eigenvalue weighted by Gasteiger charge is -2.21. The van der Waals surface area contributed by atoms with Gasteiger partial charge in [0.25, 0.3) is 11.1 Å². The number of rotatable bonds is 6. The smallest absolute Gasteiger partial charge is 0.337 e. The van der Waals surface area contributed by atoms with Crippen molar-refractivity contribution in [3.05, 3.63) is 96.4 Å². The first-order valence-electron chi connectivity index (χ1n) is 14.8. The average Bonchev–Trinajstić information content (AvgIpc) is 3.36. The minimum absolute atomic E-state index is 0.0750. The van der Waals surface area contributed by atoms with E-state index in [9.17, 15) is 18.8 Å². The number of aromatic nitrogens is 3. The summed E-state index contributed by atoms with van der Waals surface area (Å²) in [5, 5.41) is -0.164. The second-order valence-electron chi connectivity index (χ2n) is 10.2. The van der Waals surface area contributed by atoms with E-state index in [0.29, 0.717) is 12.0 Å². The van der Waals surface area contributed by atoms with E-state index in [1.54, 1.807) is 19.9 Å². The van der Waals surface area contributed by atoms with Gasteiger partial charge in [0.15, 0.2) is 5.79 Å². The van der Waals surface area contributed by atoms with Gasteiger partial charge in [0.05, 0.1) is 18.8 Å². The average molecular weight is 614 g/mol. The monoisotopic (exact) mass is 613 g/mol. The summed E-state index contributed by atoms with van der Waals surface area (Å²) >= 11 is 0. The molecule has 3 heterocycles. The molecular weight excluding hydrogens is 572 g/mol. The molecule has 1 aliphatic rings. The molecule has 0 bridgehead atoms. The van der Waals surface area contributed by atoms with Gasteiger partial charge in [-0.1, -0.05) is 46.8 Å². The van der Waals surface area contributed by atoms with Crippen LogP contribution in [0.5, 0.6) is 11.5 Å². The first kappa shape index (κ1) is 34.4. The molecule has 11 heteroatoms. The fourth-order valence-electron chi connectivity index (χ4n) is 4.84. The Balaban J connectivity index is 0.00000127. The molecule has 238 valence electrons. The van der Waals surface area contributed by atoms with E-state index in [0.717, 1.165) is 19.8 Å². The Hall–Kier alpha value is -4.09. The van der Waals surface area contributed by atoms with Gasteiger partial charge in [-0.25, -0.2) is 18.1 Å². The van der Waals surface area contributed by atoms with Crippen molar-refractivity contribution < 1.29 is 23.0 Å². The predicted molar refractivity (Wildman–Crippen MR) is 167 cm³/mol. The van der Waals surface area contributed by atoms with Crippen LogP contribution in [0.4, 0.5) is 8.78 Å². The molecule has 1 atom stereocenters. The number of hydrogen-bond donors (Lipinski definition) is 0. The highest BCUT2D eigenvalue weighted by Gasteiger charge is 2.34. The van der Waals surface area contributed by atoms with E-state index in [-0.39, 0.29) is 46.9 Å². The standard InChI is InChI=1S/C29H29F2N3O6.2C2H6/c1-6-17-10-11-21(20(31)12-17)34-26-25(27(36)33(28(34)37)14-18-15-38-29(3,4)40-18)23(13-24(35)32(26)5)39-22-9-7-8-19(30)16(22)2;2*1-2/h7-13,18H,6,14-15H2,1-5H3;2*1-2H3. The number of hydrogen-bond acceptors (Lipinski definition) is 6. The highest BCUT2D eigenvalue weighted by Crippen LogP contribution is 2.31. The number of ether oxygens (including phenoxy) is 3. The van der Waals surface area contributed by atoms with Crippen LogP contribution in [-0.2, 0) is 29.5 Å². The van der Waals surface area contributed by atoms with Gasteiger partial charge in [0, 0.05) is 18.7 Å². The summed E-state index contributed by atoms with van der Waals surface area (Å²) in [7, 11) is 1.37. The van der Waals surface area contributed by atoms with Gasteiger partial charge < -0.3 is 14.2 Å². The lowest BCUT2D eigenvalue weighted by Crippen LogP contribution is -2.44. The van der Waals surface area contributed by atoms with Crippen LogP contribution in [0.1, 0.15) is 59.6 Å². The SMILES string of the molecule is CC.CC.CCc1ccc(-n2c(=O)n(CC3COC(C)(C)O3)c(=O)c3c(Oc4cccc(F)c4C)cc(=O)n(C)c32)c(F)c1. The summed E-state index contributed by atoms with van der Waals surface area (Å²) in [4.78, 5) is 41.0.